The Kier molecular flexibility index (Phi) is 5.30. The minimum absolute atomic E-state index is 0.114. The molecule has 0 radical (unpaired) electrons. The number of rotatable bonds is 6. The summed E-state index contributed by atoms with van der Waals surface area (Å²) in [7, 11) is 0. The number of aromatic nitrogens is 6. The SMILES string of the molecule is CSc1ccc(-c2noc(COc3cc(C)nc(-n4nc(C)cc4C)n3)n2)cc1. The zero-order chi connectivity index (χ0) is 20.4. The zero-order valence-electron chi connectivity index (χ0n) is 16.6. The van der Waals surface area contributed by atoms with Crippen LogP contribution in [0.5, 0.6) is 5.88 Å². The first-order valence-electron chi connectivity index (χ1n) is 9.01. The van der Waals surface area contributed by atoms with Crippen LogP contribution in [0, 0.1) is 20.8 Å². The van der Waals surface area contributed by atoms with E-state index in [4.69, 9.17) is 9.26 Å². The Bertz CT molecular complexity index is 1140. The second kappa shape index (κ2) is 8.04. The van der Waals surface area contributed by atoms with Gasteiger partial charge in [0, 0.05) is 27.9 Å². The van der Waals surface area contributed by atoms with E-state index < -0.39 is 0 Å². The minimum Gasteiger partial charge on any atom is -0.467 e. The lowest BCUT2D eigenvalue weighted by molar-refractivity contribution is 0.234. The van der Waals surface area contributed by atoms with Crippen molar-refractivity contribution in [1.29, 1.82) is 0 Å². The number of hydrogen-bond acceptors (Lipinski definition) is 8. The maximum atomic E-state index is 5.78. The van der Waals surface area contributed by atoms with E-state index in [-0.39, 0.29) is 6.61 Å². The van der Waals surface area contributed by atoms with Crippen molar-refractivity contribution < 1.29 is 9.26 Å². The van der Waals surface area contributed by atoms with E-state index in [2.05, 4.69) is 25.2 Å². The highest BCUT2D eigenvalue weighted by Crippen LogP contribution is 2.21. The van der Waals surface area contributed by atoms with Gasteiger partial charge in [-0.2, -0.15) is 15.1 Å². The fourth-order valence-corrected chi connectivity index (χ4v) is 3.24. The van der Waals surface area contributed by atoms with Crippen molar-refractivity contribution in [2.45, 2.75) is 32.3 Å². The Hall–Kier alpha value is -3.20. The molecule has 9 heteroatoms. The Labute approximate surface area is 172 Å². The van der Waals surface area contributed by atoms with Gasteiger partial charge in [-0.3, -0.25) is 0 Å². The molecular formula is C20H20N6O2S. The first-order chi connectivity index (χ1) is 14.0. The Morgan fingerprint density at radius 2 is 1.79 bits per heavy atom. The largest absolute Gasteiger partial charge is 0.467 e. The third-order valence-corrected chi connectivity index (χ3v) is 4.92. The molecule has 1 aromatic carbocycles. The number of thioether (sulfide) groups is 1. The van der Waals surface area contributed by atoms with Crippen molar-refractivity contribution in [1.82, 2.24) is 29.9 Å². The molecule has 0 fully saturated rings. The highest BCUT2D eigenvalue weighted by atomic mass is 32.2. The molecule has 0 aliphatic heterocycles. The standard InChI is InChI=1S/C20H20N6O2S/c1-12-10-17(23-20(21-12)26-14(3)9-13(2)24-26)27-11-18-22-19(25-28-18)15-5-7-16(29-4)8-6-15/h5-10H,11H2,1-4H3. The first kappa shape index (κ1) is 19.1. The Balaban J connectivity index is 1.49. The van der Waals surface area contributed by atoms with Gasteiger partial charge in [-0.1, -0.05) is 5.16 Å². The maximum absolute atomic E-state index is 5.78. The molecule has 0 bridgehead atoms. The summed E-state index contributed by atoms with van der Waals surface area (Å²) in [6.45, 7) is 5.88. The third-order valence-electron chi connectivity index (χ3n) is 4.18. The second-order valence-corrected chi connectivity index (χ2v) is 7.40. The van der Waals surface area contributed by atoms with Crippen LogP contribution in [0.4, 0.5) is 0 Å². The number of aryl methyl sites for hydroxylation is 3. The van der Waals surface area contributed by atoms with E-state index in [0.29, 0.717) is 23.5 Å². The van der Waals surface area contributed by atoms with Gasteiger partial charge < -0.3 is 9.26 Å². The first-order valence-corrected chi connectivity index (χ1v) is 10.2. The zero-order valence-corrected chi connectivity index (χ0v) is 17.4. The molecule has 4 aromatic rings. The normalized spacial score (nSPS) is 11.0. The lowest BCUT2D eigenvalue weighted by atomic mass is 10.2. The van der Waals surface area contributed by atoms with Crippen LogP contribution >= 0.6 is 11.8 Å². The molecule has 0 amide bonds. The quantitative estimate of drug-likeness (QED) is 0.443. The van der Waals surface area contributed by atoms with Gasteiger partial charge in [0.25, 0.3) is 11.8 Å². The summed E-state index contributed by atoms with van der Waals surface area (Å²) in [6.07, 6.45) is 2.04. The fraction of sp³-hybridized carbons (Fsp3) is 0.250. The molecule has 148 valence electrons. The number of nitrogens with zero attached hydrogens (tertiary/aromatic N) is 6. The van der Waals surface area contributed by atoms with Gasteiger partial charge in [-0.25, -0.2) is 9.67 Å². The van der Waals surface area contributed by atoms with Crippen molar-refractivity contribution >= 4 is 11.8 Å². The molecule has 0 spiro atoms. The molecular weight excluding hydrogens is 388 g/mol. The van der Waals surface area contributed by atoms with Crippen LogP contribution < -0.4 is 4.74 Å². The van der Waals surface area contributed by atoms with E-state index >= 15 is 0 Å². The van der Waals surface area contributed by atoms with Crippen LogP contribution in [-0.2, 0) is 6.61 Å². The highest BCUT2D eigenvalue weighted by molar-refractivity contribution is 7.98. The molecule has 0 atom stereocenters. The van der Waals surface area contributed by atoms with E-state index in [1.54, 1.807) is 22.5 Å². The number of benzene rings is 1. The van der Waals surface area contributed by atoms with E-state index in [9.17, 15) is 0 Å². The highest BCUT2D eigenvalue weighted by Gasteiger charge is 2.12. The topological polar surface area (TPSA) is 91.8 Å². The predicted molar refractivity (Wildman–Crippen MR) is 109 cm³/mol. The molecule has 8 nitrogen and oxygen atoms in total. The summed E-state index contributed by atoms with van der Waals surface area (Å²) < 4.78 is 12.8. The predicted octanol–water partition coefficient (Wildman–Crippen LogP) is 3.94. The van der Waals surface area contributed by atoms with Crippen LogP contribution in [0.15, 0.2) is 45.8 Å². The van der Waals surface area contributed by atoms with Crippen molar-refractivity contribution in [2.24, 2.45) is 0 Å². The molecule has 0 aliphatic rings. The van der Waals surface area contributed by atoms with Crippen LogP contribution in [0.1, 0.15) is 23.0 Å². The van der Waals surface area contributed by atoms with E-state index in [1.165, 1.54) is 4.90 Å². The second-order valence-electron chi connectivity index (χ2n) is 6.52. The van der Waals surface area contributed by atoms with Gasteiger partial charge in [0.1, 0.15) is 0 Å². The summed E-state index contributed by atoms with van der Waals surface area (Å²) in [5.41, 5.74) is 3.52. The van der Waals surface area contributed by atoms with Crippen LogP contribution in [0.3, 0.4) is 0 Å². The summed E-state index contributed by atoms with van der Waals surface area (Å²) in [5.74, 6) is 1.78. The molecule has 0 N–H and O–H groups in total. The summed E-state index contributed by atoms with van der Waals surface area (Å²) in [6, 6.07) is 11.7. The molecule has 0 saturated carbocycles. The molecule has 4 rings (SSSR count). The lowest BCUT2D eigenvalue weighted by Crippen LogP contribution is -2.08. The Morgan fingerprint density at radius 1 is 1.00 bits per heavy atom. The van der Waals surface area contributed by atoms with Crippen molar-refractivity contribution in [3.8, 4) is 23.2 Å². The van der Waals surface area contributed by atoms with Gasteiger partial charge in [0.2, 0.25) is 11.7 Å². The molecule has 3 aromatic heterocycles. The van der Waals surface area contributed by atoms with Crippen LogP contribution in [0.25, 0.3) is 17.3 Å². The van der Waals surface area contributed by atoms with E-state index in [1.807, 2.05) is 57.4 Å². The lowest BCUT2D eigenvalue weighted by Gasteiger charge is -2.07. The molecule has 0 unspecified atom stereocenters. The van der Waals surface area contributed by atoms with Crippen LogP contribution in [-0.4, -0.2) is 36.1 Å². The van der Waals surface area contributed by atoms with Gasteiger partial charge in [0.15, 0.2) is 6.61 Å². The van der Waals surface area contributed by atoms with Gasteiger partial charge in [0.05, 0.1) is 5.69 Å². The monoisotopic (exact) mass is 408 g/mol. The Morgan fingerprint density at radius 3 is 2.48 bits per heavy atom. The maximum Gasteiger partial charge on any atom is 0.264 e. The average molecular weight is 408 g/mol. The molecule has 0 aliphatic carbocycles. The molecule has 3 heterocycles. The smallest absolute Gasteiger partial charge is 0.264 e. The summed E-state index contributed by atoms with van der Waals surface area (Å²) in [5, 5.41) is 8.46. The molecule has 29 heavy (non-hydrogen) atoms. The van der Waals surface area contributed by atoms with Crippen molar-refractivity contribution in [3.63, 3.8) is 0 Å². The van der Waals surface area contributed by atoms with E-state index in [0.717, 1.165) is 22.6 Å². The van der Waals surface area contributed by atoms with Crippen LogP contribution in [0.2, 0.25) is 0 Å². The van der Waals surface area contributed by atoms with Crippen molar-refractivity contribution in [2.75, 3.05) is 6.26 Å². The number of hydrogen-bond donors (Lipinski definition) is 0. The van der Waals surface area contributed by atoms with Crippen molar-refractivity contribution in [3.05, 3.63) is 59.4 Å². The summed E-state index contributed by atoms with van der Waals surface area (Å²) in [4.78, 5) is 14.5. The molecule has 0 saturated heterocycles. The van der Waals surface area contributed by atoms with Gasteiger partial charge in [-0.05, 0) is 57.4 Å². The third kappa shape index (κ3) is 4.29. The van der Waals surface area contributed by atoms with Gasteiger partial charge >= 0.3 is 0 Å². The minimum atomic E-state index is 0.114. The summed E-state index contributed by atoms with van der Waals surface area (Å²) >= 11 is 1.68. The average Bonchev–Trinajstić information content (AvgIpc) is 3.32. The van der Waals surface area contributed by atoms with Gasteiger partial charge in [-0.15, -0.1) is 11.8 Å². The number of ether oxygens (including phenoxy) is 1. The fourth-order valence-electron chi connectivity index (χ4n) is 2.83.